The molecule has 0 saturated heterocycles. The third kappa shape index (κ3) is 4.21. The number of hydrogen-bond acceptors (Lipinski definition) is 5. The molecule has 0 bridgehead atoms. The van der Waals surface area contributed by atoms with Gasteiger partial charge in [0, 0.05) is 32.8 Å². The molecule has 18 heavy (non-hydrogen) atoms. The molecule has 0 amide bonds. The third-order valence-electron chi connectivity index (χ3n) is 2.61. The number of pyridine rings is 1. The van der Waals surface area contributed by atoms with Crippen LogP contribution in [0.15, 0.2) is 23.5 Å². The van der Waals surface area contributed by atoms with Gasteiger partial charge in [0.2, 0.25) is 0 Å². The van der Waals surface area contributed by atoms with E-state index in [1.807, 2.05) is 19.1 Å². The summed E-state index contributed by atoms with van der Waals surface area (Å²) in [7, 11) is 1.66. The van der Waals surface area contributed by atoms with Crippen molar-refractivity contribution in [1.82, 2.24) is 4.98 Å². The second-order valence-corrected chi connectivity index (χ2v) is 3.97. The monoisotopic (exact) mass is 252 g/mol. The van der Waals surface area contributed by atoms with Crippen LogP contribution in [-0.4, -0.2) is 42.8 Å². The number of aryl methyl sites for hydroxylation is 1. The van der Waals surface area contributed by atoms with Crippen LogP contribution in [0.5, 0.6) is 0 Å². The average Bonchev–Trinajstić information content (AvgIpc) is 2.39. The van der Waals surface area contributed by atoms with Crippen molar-refractivity contribution in [2.75, 3.05) is 31.7 Å². The van der Waals surface area contributed by atoms with Gasteiger partial charge in [-0.1, -0.05) is 11.2 Å². The van der Waals surface area contributed by atoms with Gasteiger partial charge in [-0.05, 0) is 18.6 Å². The Morgan fingerprint density at radius 2 is 2.33 bits per heavy atom. The highest BCUT2D eigenvalue weighted by Crippen LogP contribution is 2.15. The van der Waals surface area contributed by atoms with Crippen LogP contribution in [0.4, 0.5) is 5.82 Å². The van der Waals surface area contributed by atoms with Gasteiger partial charge >= 0.3 is 0 Å². The van der Waals surface area contributed by atoms with Gasteiger partial charge in [-0.25, -0.2) is 4.98 Å². The van der Waals surface area contributed by atoms with Crippen LogP contribution in [0, 0.1) is 6.92 Å². The molecular weight excluding hydrogens is 232 g/mol. The molecule has 0 fully saturated rings. The molecule has 0 atom stereocenters. The van der Waals surface area contributed by atoms with Crippen molar-refractivity contribution >= 4 is 11.7 Å². The molecule has 0 aliphatic carbocycles. The lowest BCUT2D eigenvalue weighted by molar-refractivity contribution is 0.205. The summed E-state index contributed by atoms with van der Waals surface area (Å²) in [6.45, 7) is 3.96. The highest BCUT2D eigenvalue weighted by atomic mass is 16.5. The van der Waals surface area contributed by atoms with E-state index >= 15 is 0 Å². The number of rotatable bonds is 7. The van der Waals surface area contributed by atoms with Crippen molar-refractivity contribution in [2.24, 2.45) is 10.9 Å². The molecule has 6 nitrogen and oxygen atoms in total. The van der Waals surface area contributed by atoms with Crippen LogP contribution in [0.2, 0.25) is 0 Å². The van der Waals surface area contributed by atoms with Crippen molar-refractivity contribution < 1.29 is 9.94 Å². The van der Waals surface area contributed by atoms with Crippen LogP contribution in [-0.2, 0) is 4.74 Å². The Hall–Kier alpha value is -1.82. The Morgan fingerprint density at radius 3 is 2.94 bits per heavy atom. The fraction of sp³-hybridized carbons (Fsp3) is 0.500. The molecule has 1 aromatic rings. The fourth-order valence-corrected chi connectivity index (χ4v) is 1.63. The first kappa shape index (κ1) is 14.2. The largest absolute Gasteiger partial charge is 0.409 e. The normalized spacial score (nSPS) is 11.6. The molecule has 1 heterocycles. The van der Waals surface area contributed by atoms with Crippen molar-refractivity contribution in [2.45, 2.75) is 13.3 Å². The number of aromatic nitrogens is 1. The Labute approximate surface area is 107 Å². The summed E-state index contributed by atoms with van der Waals surface area (Å²) >= 11 is 0. The first-order valence-corrected chi connectivity index (χ1v) is 5.81. The molecule has 0 unspecified atom stereocenters. The highest BCUT2D eigenvalue weighted by Gasteiger charge is 2.10. The summed E-state index contributed by atoms with van der Waals surface area (Å²) < 4.78 is 5.09. The lowest BCUT2D eigenvalue weighted by Gasteiger charge is -2.24. The number of hydrogen-bond donors (Lipinski definition) is 2. The lowest BCUT2D eigenvalue weighted by atomic mass is 10.2. The molecule has 0 aliphatic heterocycles. The molecule has 0 spiro atoms. The number of nitrogens with two attached hydrogens (primary N) is 1. The lowest BCUT2D eigenvalue weighted by Crippen LogP contribution is -2.32. The van der Waals surface area contributed by atoms with Crippen molar-refractivity contribution in [1.29, 1.82) is 0 Å². The van der Waals surface area contributed by atoms with Crippen LogP contribution >= 0.6 is 0 Å². The Morgan fingerprint density at radius 1 is 1.56 bits per heavy atom. The zero-order valence-corrected chi connectivity index (χ0v) is 10.8. The van der Waals surface area contributed by atoms with E-state index in [1.54, 1.807) is 13.3 Å². The van der Waals surface area contributed by atoms with E-state index in [1.165, 1.54) is 0 Å². The van der Waals surface area contributed by atoms with Gasteiger partial charge in [-0.2, -0.15) is 0 Å². The summed E-state index contributed by atoms with van der Waals surface area (Å²) in [5.41, 5.74) is 6.58. The Bertz CT molecular complexity index is 395. The third-order valence-corrected chi connectivity index (χ3v) is 2.61. The average molecular weight is 252 g/mol. The number of ether oxygens (including phenoxy) is 1. The van der Waals surface area contributed by atoms with E-state index in [2.05, 4.69) is 15.0 Å². The molecule has 3 N–H and O–H groups in total. The van der Waals surface area contributed by atoms with Gasteiger partial charge in [-0.15, -0.1) is 0 Å². The quantitative estimate of drug-likeness (QED) is 0.327. The van der Waals surface area contributed by atoms with E-state index in [0.29, 0.717) is 26.1 Å². The maximum Gasteiger partial charge on any atom is 0.140 e. The van der Waals surface area contributed by atoms with E-state index < -0.39 is 0 Å². The van der Waals surface area contributed by atoms with Gasteiger partial charge in [0.15, 0.2) is 0 Å². The maximum absolute atomic E-state index is 8.55. The van der Waals surface area contributed by atoms with Crippen molar-refractivity contribution in [3.8, 4) is 0 Å². The van der Waals surface area contributed by atoms with Gasteiger partial charge < -0.3 is 20.6 Å². The van der Waals surface area contributed by atoms with Crippen LogP contribution in [0.3, 0.4) is 0 Å². The number of methoxy groups -OCH3 is 1. The summed E-state index contributed by atoms with van der Waals surface area (Å²) in [6.07, 6.45) is 2.24. The predicted molar refractivity (Wildman–Crippen MR) is 71.1 cm³/mol. The molecule has 1 rings (SSSR count). The van der Waals surface area contributed by atoms with Crippen LogP contribution in [0.25, 0.3) is 0 Å². The molecule has 6 heteroatoms. The predicted octanol–water partition coefficient (Wildman–Crippen LogP) is 0.979. The van der Waals surface area contributed by atoms with Crippen molar-refractivity contribution in [3.05, 3.63) is 23.9 Å². The Balaban J connectivity index is 2.74. The summed E-state index contributed by atoms with van der Waals surface area (Å²) in [5, 5.41) is 11.5. The molecule has 1 aromatic heterocycles. The molecule has 0 aliphatic rings. The van der Waals surface area contributed by atoms with E-state index in [9.17, 15) is 0 Å². The number of amidine groups is 1. The summed E-state index contributed by atoms with van der Waals surface area (Å²) in [4.78, 5) is 6.43. The number of anilines is 1. The second kappa shape index (κ2) is 7.50. The topological polar surface area (TPSA) is 84.0 Å². The van der Waals surface area contributed by atoms with Crippen LogP contribution in [0.1, 0.15) is 12.0 Å². The first-order valence-electron chi connectivity index (χ1n) is 5.81. The second-order valence-electron chi connectivity index (χ2n) is 3.97. The molecular formula is C12H20N4O2. The molecule has 0 saturated carbocycles. The SMILES string of the molecule is COCCN(CCC(N)=NO)c1ncccc1C. The Kier molecular flexibility index (Phi) is 5.93. The van der Waals surface area contributed by atoms with Gasteiger partial charge in [0.05, 0.1) is 6.61 Å². The first-order chi connectivity index (χ1) is 8.69. The van der Waals surface area contributed by atoms with Crippen LogP contribution < -0.4 is 10.6 Å². The minimum atomic E-state index is 0.214. The number of oxime groups is 1. The fourth-order valence-electron chi connectivity index (χ4n) is 1.63. The highest BCUT2D eigenvalue weighted by molar-refractivity contribution is 5.80. The van der Waals surface area contributed by atoms with Gasteiger partial charge in [-0.3, -0.25) is 0 Å². The zero-order valence-electron chi connectivity index (χ0n) is 10.8. The van der Waals surface area contributed by atoms with E-state index in [-0.39, 0.29) is 5.84 Å². The number of nitrogens with zero attached hydrogens (tertiary/aromatic N) is 3. The maximum atomic E-state index is 8.55. The van der Waals surface area contributed by atoms with Gasteiger partial charge in [0.1, 0.15) is 11.7 Å². The minimum Gasteiger partial charge on any atom is -0.409 e. The van der Waals surface area contributed by atoms with E-state index in [0.717, 1.165) is 11.4 Å². The van der Waals surface area contributed by atoms with Gasteiger partial charge in [0.25, 0.3) is 0 Å². The zero-order chi connectivity index (χ0) is 13.4. The standard InChI is InChI=1S/C12H20N4O2/c1-10-4-3-6-14-12(10)16(8-9-18-2)7-5-11(13)15-17/h3-4,6,17H,5,7-9H2,1-2H3,(H2,13,15). The molecule has 0 aromatic carbocycles. The molecule has 100 valence electrons. The van der Waals surface area contributed by atoms with Crippen molar-refractivity contribution in [3.63, 3.8) is 0 Å². The van der Waals surface area contributed by atoms with E-state index in [4.69, 9.17) is 15.7 Å². The molecule has 0 radical (unpaired) electrons. The minimum absolute atomic E-state index is 0.214. The summed E-state index contributed by atoms with van der Waals surface area (Å²) in [5.74, 6) is 1.12. The smallest absolute Gasteiger partial charge is 0.140 e. The summed E-state index contributed by atoms with van der Waals surface area (Å²) in [6, 6.07) is 3.91.